The number of unbranched alkanes of at least 4 members (excludes halogenated alkanes) is 6. The number of aliphatic hydroxyl groups excluding tert-OH is 1. The third-order valence-electron chi connectivity index (χ3n) is 5.38. The number of rotatable bonds is 18. The summed E-state index contributed by atoms with van der Waals surface area (Å²) in [6, 6.07) is 20.6. The third-order valence-corrected chi connectivity index (χ3v) is 5.38. The highest BCUT2D eigenvalue weighted by atomic mass is 16.5. The Morgan fingerprint density at radius 2 is 0.933 bits per heavy atom. The summed E-state index contributed by atoms with van der Waals surface area (Å²) < 4.78 is 11.4. The number of hydrogen-bond donors (Lipinski definition) is 1. The average molecular weight is 413 g/mol. The van der Waals surface area contributed by atoms with Gasteiger partial charge in [-0.1, -0.05) is 99.2 Å². The van der Waals surface area contributed by atoms with E-state index in [0.29, 0.717) is 13.2 Å². The van der Waals surface area contributed by atoms with E-state index in [1.807, 2.05) is 36.4 Å². The van der Waals surface area contributed by atoms with Crippen LogP contribution in [-0.4, -0.2) is 24.4 Å². The molecule has 1 N–H and O–H groups in total. The van der Waals surface area contributed by atoms with Gasteiger partial charge in [0.15, 0.2) is 0 Å². The molecule has 0 bridgehead atoms. The molecule has 2 aromatic carbocycles. The minimum absolute atomic E-state index is 0.131. The van der Waals surface area contributed by atoms with Gasteiger partial charge in [0.2, 0.25) is 0 Å². The van der Waals surface area contributed by atoms with Crippen LogP contribution in [0, 0.1) is 0 Å². The zero-order valence-electron chi connectivity index (χ0n) is 18.5. The Labute approximate surface area is 183 Å². The molecule has 0 atom stereocenters. The topological polar surface area (TPSA) is 38.7 Å². The fourth-order valence-electron chi connectivity index (χ4n) is 3.55. The SMILES string of the molecule is OC(CCCCCCOCc1ccccc1)CCCCCCOCc1ccccc1. The standard InChI is InChI=1S/C27H40O3/c28-27(19-11-1-3-13-21-29-23-25-15-7-5-8-16-25)20-12-2-4-14-22-30-24-26-17-9-6-10-18-26/h5-10,15-18,27-28H,1-4,11-14,19-24H2. The van der Waals surface area contributed by atoms with Gasteiger partial charge in [0, 0.05) is 13.2 Å². The monoisotopic (exact) mass is 412 g/mol. The first-order valence-corrected chi connectivity index (χ1v) is 11.8. The summed E-state index contributed by atoms with van der Waals surface area (Å²) in [6.45, 7) is 3.07. The van der Waals surface area contributed by atoms with Gasteiger partial charge in [0.25, 0.3) is 0 Å². The summed E-state index contributed by atoms with van der Waals surface area (Å²) in [5.74, 6) is 0. The molecule has 2 aromatic rings. The first-order chi connectivity index (χ1) is 14.8. The molecular formula is C27H40O3. The van der Waals surface area contributed by atoms with Gasteiger partial charge in [-0.25, -0.2) is 0 Å². The zero-order valence-corrected chi connectivity index (χ0v) is 18.5. The Morgan fingerprint density at radius 3 is 1.37 bits per heavy atom. The molecule has 0 saturated heterocycles. The molecule has 2 rings (SSSR count). The lowest BCUT2D eigenvalue weighted by Gasteiger charge is -2.10. The van der Waals surface area contributed by atoms with Crippen molar-refractivity contribution < 1.29 is 14.6 Å². The Morgan fingerprint density at radius 1 is 0.533 bits per heavy atom. The molecule has 0 aromatic heterocycles. The van der Waals surface area contributed by atoms with E-state index in [1.54, 1.807) is 0 Å². The maximum atomic E-state index is 10.1. The molecule has 3 heteroatoms. The molecule has 3 nitrogen and oxygen atoms in total. The number of benzene rings is 2. The van der Waals surface area contributed by atoms with Crippen molar-refractivity contribution in [3.63, 3.8) is 0 Å². The van der Waals surface area contributed by atoms with Gasteiger partial charge in [-0.3, -0.25) is 0 Å². The van der Waals surface area contributed by atoms with E-state index in [-0.39, 0.29) is 6.10 Å². The lowest BCUT2D eigenvalue weighted by Crippen LogP contribution is -2.06. The van der Waals surface area contributed by atoms with Crippen molar-refractivity contribution >= 4 is 0 Å². The molecule has 0 spiro atoms. The van der Waals surface area contributed by atoms with Crippen molar-refractivity contribution in [2.45, 2.75) is 83.5 Å². The van der Waals surface area contributed by atoms with Crippen LogP contribution in [0.4, 0.5) is 0 Å². The average Bonchev–Trinajstić information content (AvgIpc) is 2.79. The molecule has 0 heterocycles. The van der Waals surface area contributed by atoms with E-state index in [4.69, 9.17) is 9.47 Å². The lowest BCUT2D eigenvalue weighted by atomic mass is 10.0. The van der Waals surface area contributed by atoms with Crippen LogP contribution in [0.25, 0.3) is 0 Å². The van der Waals surface area contributed by atoms with E-state index in [9.17, 15) is 5.11 Å². The van der Waals surface area contributed by atoms with Crippen LogP contribution in [0.1, 0.15) is 75.3 Å². The zero-order chi connectivity index (χ0) is 21.1. The van der Waals surface area contributed by atoms with Gasteiger partial charge in [0.1, 0.15) is 0 Å². The van der Waals surface area contributed by atoms with E-state index >= 15 is 0 Å². The van der Waals surface area contributed by atoms with Gasteiger partial charge < -0.3 is 14.6 Å². The van der Waals surface area contributed by atoms with Crippen LogP contribution in [0.3, 0.4) is 0 Å². The van der Waals surface area contributed by atoms with Gasteiger partial charge in [0.05, 0.1) is 19.3 Å². The second-order valence-corrected chi connectivity index (χ2v) is 8.14. The highest BCUT2D eigenvalue weighted by molar-refractivity contribution is 5.14. The first-order valence-electron chi connectivity index (χ1n) is 11.8. The summed E-state index contributed by atoms with van der Waals surface area (Å²) in [5, 5.41) is 10.1. The molecular weight excluding hydrogens is 372 g/mol. The molecule has 0 aliphatic heterocycles. The molecule has 0 aliphatic rings. The minimum Gasteiger partial charge on any atom is -0.393 e. The predicted octanol–water partition coefficient (Wildman–Crippen LogP) is 6.68. The normalized spacial score (nSPS) is 11.3. The second-order valence-electron chi connectivity index (χ2n) is 8.14. The van der Waals surface area contributed by atoms with Crippen LogP contribution in [0.5, 0.6) is 0 Å². The summed E-state index contributed by atoms with van der Waals surface area (Å²) in [4.78, 5) is 0. The number of hydrogen-bond acceptors (Lipinski definition) is 3. The first kappa shape index (κ1) is 24.6. The van der Waals surface area contributed by atoms with Crippen molar-refractivity contribution in [2.75, 3.05) is 13.2 Å². The van der Waals surface area contributed by atoms with Gasteiger partial charge in [-0.15, -0.1) is 0 Å². The predicted molar refractivity (Wildman–Crippen MR) is 124 cm³/mol. The van der Waals surface area contributed by atoms with Crippen molar-refractivity contribution in [1.82, 2.24) is 0 Å². The number of ether oxygens (including phenoxy) is 2. The fraction of sp³-hybridized carbons (Fsp3) is 0.556. The molecule has 0 saturated carbocycles. The Bertz CT molecular complexity index is 559. The van der Waals surface area contributed by atoms with Crippen LogP contribution in [-0.2, 0) is 22.7 Å². The van der Waals surface area contributed by atoms with Crippen molar-refractivity contribution in [1.29, 1.82) is 0 Å². The van der Waals surface area contributed by atoms with E-state index in [2.05, 4.69) is 24.3 Å². The quantitative estimate of drug-likeness (QED) is 0.277. The molecule has 166 valence electrons. The molecule has 0 aliphatic carbocycles. The summed E-state index contributed by atoms with van der Waals surface area (Å²) in [6.07, 6.45) is 10.9. The molecule has 30 heavy (non-hydrogen) atoms. The Hall–Kier alpha value is -1.68. The molecule has 0 radical (unpaired) electrons. The maximum Gasteiger partial charge on any atom is 0.0716 e. The molecule has 0 unspecified atom stereocenters. The van der Waals surface area contributed by atoms with Gasteiger partial charge in [-0.2, -0.15) is 0 Å². The smallest absolute Gasteiger partial charge is 0.0716 e. The van der Waals surface area contributed by atoms with E-state index in [0.717, 1.165) is 51.7 Å². The highest BCUT2D eigenvalue weighted by Gasteiger charge is 2.04. The van der Waals surface area contributed by atoms with E-state index in [1.165, 1.54) is 36.8 Å². The van der Waals surface area contributed by atoms with Gasteiger partial charge in [-0.05, 0) is 36.8 Å². The fourth-order valence-corrected chi connectivity index (χ4v) is 3.55. The lowest BCUT2D eigenvalue weighted by molar-refractivity contribution is 0.114. The van der Waals surface area contributed by atoms with E-state index < -0.39 is 0 Å². The van der Waals surface area contributed by atoms with Crippen molar-refractivity contribution in [3.05, 3.63) is 71.8 Å². The third kappa shape index (κ3) is 12.8. The van der Waals surface area contributed by atoms with Crippen LogP contribution in [0.2, 0.25) is 0 Å². The van der Waals surface area contributed by atoms with Crippen molar-refractivity contribution in [2.24, 2.45) is 0 Å². The Balaban J connectivity index is 1.29. The Kier molecular flexibility index (Phi) is 14.0. The molecule has 0 amide bonds. The maximum absolute atomic E-state index is 10.1. The minimum atomic E-state index is -0.131. The summed E-state index contributed by atoms with van der Waals surface area (Å²) in [5.41, 5.74) is 2.47. The second kappa shape index (κ2) is 17.0. The van der Waals surface area contributed by atoms with Crippen molar-refractivity contribution in [3.8, 4) is 0 Å². The molecule has 0 fully saturated rings. The van der Waals surface area contributed by atoms with Crippen LogP contribution in [0.15, 0.2) is 60.7 Å². The summed E-state index contributed by atoms with van der Waals surface area (Å²) in [7, 11) is 0. The largest absolute Gasteiger partial charge is 0.393 e. The highest BCUT2D eigenvalue weighted by Crippen LogP contribution is 2.13. The van der Waals surface area contributed by atoms with Gasteiger partial charge >= 0.3 is 0 Å². The summed E-state index contributed by atoms with van der Waals surface area (Å²) >= 11 is 0. The van der Waals surface area contributed by atoms with Crippen LogP contribution < -0.4 is 0 Å². The van der Waals surface area contributed by atoms with Crippen LogP contribution >= 0.6 is 0 Å². The number of aliphatic hydroxyl groups is 1.